The van der Waals surface area contributed by atoms with Crippen molar-refractivity contribution < 1.29 is 14.0 Å². The SMILES string of the molecule is CC[C@H](C(=O)N[C@@H](C)CC)N(Cc1ccccc1Cl)C(=O)Cc1ccccc1F. The Balaban J connectivity index is 2.33. The van der Waals surface area contributed by atoms with E-state index >= 15 is 0 Å². The van der Waals surface area contributed by atoms with Gasteiger partial charge in [-0.05, 0) is 43.0 Å². The highest BCUT2D eigenvalue weighted by Gasteiger charge is 2.30. The summed E-state index contributed by atoms with van der Waals surface area (Å²) in [5, 5.41) is 3.47. The molecule has 156 valence electrons. The normalized spacial score (nSPS) is 12.9. The zero-order valence-corrected chi connectivity index (χ0v) is 17.9. The molecule has 0 aliphatic heterocycles. The van der Waals surface area contributed by atoms with Crippen molar-refractivity contribution in [3.05, 3.63) is 70.5 Å². The number of benzene rings is 2. The van der Waals surface area contributed by atoms with Gasteiger partial charge in [0, 0.05) is 17.6 Å². The van der Waals surface area contributed by atoms with Gasteiger partial charge in [-0.25, -0.2) is 4.39 Å². The van der Waals surface area contributed by atoms with Crippen LogP contribution in [0.2, 0.25) is 5.02 Å². The first-order valence-electron chi connectivity index (χ1n) is 9.94. The van der Waals surface area contributed by atoms with Gasteiger partial charge in [0.15, 0.2) is 0 Å². The summed E-state index contributed by atoms with van der Waals surface area (Å²) >= 11 is 6.29. The summed E-state index contributed by atoms with van der Waals surface area (Å²) in [5.41, 5.74) is 1.05. The van der Waals surface area contributed by atoms with Gasteiger partial charge in [0.1, 0.15) is 11.9 Å². The second-order valence-corrected chi connectivity index (χ2v) is 7.53. The van der Waals surface area contributed by atoms with Gasteiger partial charge < -0.3 is 10.2 Å². The predicted octanol–water partition coefficient (Wildman–Crippen LogP) is 4.74. The average molecular weight is 419 g/mol. The highest BCUT2D eigenvalue weighted by Crippen LogP contribution is 2.21. The fraction of sp³-hybridized carbons (Fsp3) is 0.391. The third-order valence-electron chi connectivity index (χ3n) is 4.98. The first-order chi connectivity index (χ1) is 13.9. The summed E-state index contributed by atoms with van der Waals surface area (Å²) in [6.07, 6.45) is 1.11. The highest BCUT2D eigenvalue weighted by atomic mass is 35.5. The van der Waals surface area contributed by atoms with Crippen LogP contribution in [-0.2, 0) is 22.6 Å². The largest absolute Gasteiger partial charge is 0.352 e. The molecule has 0 saturated heterocycles. The van der Waals surface area contributed by atoms with E-state index in [1.807, 2.05) is 39.0 Å². The molecule has 29 heavy (non-hydrogen) atoms. The Morgan fingerprint density at radius 2 is 1.66 bits per heavy atom. The fourth-order valence-corrected chi connectivity index (χ4v) is 3.27. The Morgan fingerprint density at radius 1 is 1.03 bits per heavy atom. The monoisotopic (exact) mass is 418 g/mol. The van der Waals surface area contributed by atoms with Crippen LogP contribution in [0.1, 0.15) is 44.7 Å². The van der Waals surface area contributed by atoms with Crippen molar-refractivity contribution in [2.24, 2.45) is 0 Å². The van der Waals surface area contributed by atoms with Gasteiger partial charge in [0.25, 0.3) is 0 Å². The van der Waals surface area contributed by atoms with E-state index in [0.29, 0.717) is 17.0 Å². The quantitative estimate of drug-likeness (QED) is 0.639. The molecular formula is C23H28ClFN2O2. The molecule has 0 bridgehead atoms. The van der Waals surface area contributed by atoms with E-state index in [0.717, 1.165) is 12.0 Å². The number of nitrogens with one attached hydrogen (secondary N) is 1. The Hall–Kier alpha value is -2.40. The standard InChI is InChI=1S/C23H28ClFN2O2/c1-4-16(3)26-23(29)21(5-2)27(15-18-11-6-8-12-19(18)24)22(28)14-17-10-7-9-13-20(17)25/h6-13,16,21H,4-5,14-15H2,1-3H3,(H,26,29)/t16-,21+/m0/s1. The molecule has 0 radical (unpaired) electrons. The smallest absolute Gasteiger partial charge is 0.243 e. The zero-order chi connectivity index (χ0) is 21.4. The summed E-state index contributed by atoms with van der Waals surface area (Å²) in [6.45, 7) is 5.94. The van der Waals surface area contributed by atoms with Crippen LogP contribution in [0.25, 0.3) is 0 Å². The summed E-state index contributed by atoms with van der Waals surface area (Å²) in [7, 11) is 0. The molecule has 0 aliphatic carbocycles. The maximum Gasteiger partial charge on any atom is 0.243 e. The molecule has 2 amide bonds. The molecule has 0 heterocycles. The van der Waals surface area contributed by atoms with Crippen molar-refractivity contribution in [2.45, 2.75) is 58.7 Å². The number of nitrogens with zero attached hydrogens (tertiary/aromatic N) is 1. The van der Waals surface area contributed by atoms with Gasteiger partial charge in [-0.1, -0.05) is 61.8 Å². The van der Waals surface area contributed by atoms with Crippen LogP contribution >= 0.6 is 11.6 Å². The summed E-state index contributed by atoms with van der Waals surface area (Å²) in [4.78, 5) is 27.6. The van der Waals surface area contributed by atoms with E-state index in [4.69, 9.17) is 11.6 Å². The molecule has 0 saturated carbocycles. The van der Waals surface area contributed by atoms with Crippen molar-refractivity contribution in [1.29, 1.82) is 0 Å². The van der Waals surface area contributed by atoms with Crippen LogP contribution in [0.15, 0.2) is 48.5 Å². The molecule has 0 fully saturated rings. The van der Waals surface area contributed by atoms with Crippen LogP contribution < -0.4 is 5.32 Å². The average Bonchev–Trinajstić information content (AvgIpc) is 2.70. The number of hydrogen-bond donors (Lipinski definition) is 1. The number of carbonyl (C=O) groups is 2. The Labute approximate surface area is 177 Å². The first-order valence-corrected chi connectivity index (χ1v) is 10.3. The molecule has 0 unspecified atom stereocenters. The highest BCUT2D eigenvalue weighted by molar-refractivity contribution is 6.31. The third-order valence-corrected chi connectivity index (χ3v) is 5.35. The minimum absolute atomic E-state index is 0.000355. The molecular weight excluding hydrogens is 391 g/mol. The van der Waals surface area contributed by atoms with Gasteiger partial charge >= 0.3 is 0 Å². The minimum atomic E-state index is -0.667. The molecule has 0 spiro atoms. The first kappa shape index (κ1) is 22.9. The lowest BCUT2D eigenvalue weighted by Crippen LogP contribution is -2.51. The van der Waals surface area contributed by atoms with Crippen molar-refractivity contribution in [1.82, 2.24) is 10.2 Å². The Bertz CT molecular complexity index is 843. The molecule has 6 heteroatoms. The third kappa shape index (κ3) is 6.29. The Morgan fingerprint density at radius 3 is 2.24 bits per heavy atom. The predicted molar refractivity (Wildman–Crippen MR) is 114 cm³/mol. The Kier molecular flexibility index (Phi) is 8.65. The van der Waals surface area contributed by atoms with Gasteiger partial charge in [0.2, 0.25) is 11.8 Å². The number of hydrogen-bond acceptors (Lipinski definition) is 2. The van der Waals surface area contributed by atoms with Crippen LogP contribution in [0.3, 0.4) is 0 Å². The molecule has 2 rings (SSSR count). The van der Waals surface area contributed by atoms with Gasteiger partial charge in [0.05, 0.1) is 6.42 Å². The minimum Gasteiger partial charge on any atom is -0.352 e. The number of amides is 2. The van der Waals surface area contributed by atoms with Gasteiger partial charge in [-0.15, -0.1) is 0 Å². The van der Waals surface area contributed by atoms with Crippen LogP contribution in [-0.4, -0.2) is 28.8 Å². The summed E-state index contributed by atoms with van der Waals surface area (Å²) < 4.78 is 14.1. The van der Waals surface area contributed by atoms with E-state index in [2.05, 4.69) is 5.32 Å². The lowest BCUT2D eigenvalue weighted by atomic mass is 10.1. The second-order valence-electron chi connectivity index (χ2n) is 7.12. The maximum absolute atomic E-state index is 14.1. The van der Waals surface area contributed by atoms with Crippen LogP contribution in [0.4, 0.5) is 4.39 Å². The van der Waals surface area contributed by atoms with Gasteiger partial charge in [-0.2, -0.15) is 0 Å². The summed E-state index contributed by atoms with van der Waals surface area (Å²) in [6, 6.07) is 12.7. The maximum atomic E-state index is 14.1. The molecule has 0 aromatic heterocycles. The van der Waals surface area contributed by atoms with E-state index in [1.165, 1.54) is 11.0 Å². The van der Waals surface area contributed by atoms with E-state index in [9.17, 15) is 14.0 Å². The molecule has 1 N–H and O–H groups in total. The molecule has 2 aromatic rings. The van der Waals surface area contributed by atoms with Crippen molar-refractivity contribution in [2.75, 3.05) is 0 Å². The van der Waals surface area contributed by atoms with Crippen molar-refractivity contribution in [3.8, 4) is 0 Å². The molecule has 4 nitrogen and oxygen atoms in total. The molecule has 2 aromatic carbocycles. The van der Waals surface area contributed by atoms with E-state index in [-0.39, 0.29) is 30.8 Å². The summed E-state index contributed by atoms with van der Waals surface area (Å²) in [5.74, 6) is -0.965. The second kappa shape index (κ2) is 11.0. The fourth-order valence-electron chi connectivity index (χ4n) is 3.08. The zero-order valence-electron chi connectivity index (χ0n) is 17.1. The number of carbonyl (C=O) groups excluding carboxylic acids is 2. The molecule has 2 atom stereocenters. The number of rotatable bonds is 9. The lowest BCUT2D eigenvalue weighted by molar-refractivity contribution is -0.141. The molecule has 0 aliphatic rings. The van der Waals surface area contributed by atoms with E-state index < -0.39 is 11.9 Å². The van der Waals surface area contributed by atoms with Crippen molar-refractivity contribution >= 4 is 23.4 Å². The van der Waals surface area contributed by atoms with Crippen LogP contribution in [0, 0.1) is 5.82 Å². The van der Waals surface area contributed by atoms with Crippen molar-refractivity contribution in [3.63, 3.8) is 0 Å². The van der Waals surface area contributed by atoms with Crippen LogP contribution in [0.5, 0.6) is 0 Å². The van der Waals surface area contributed by atoms with E-state index in [1.54, 1.807) is 24.3 Å². The van der Waals surface area contributed by atoms with Gasteiger partial charge in [-0.3, -0.25) is 9.59 Å². The lowest BCUT2D eigenvalue weighted by Gasteiger charge is -2.32. The number of halogens is 2. The topological polar surface area (TPSA) is 49.4 Å².